The third kappa shape index (κ3) is 19.9. The fourth-order valence-corrected chi connectivity index (χ4v) is 10.6. The van der Waals surface area contributed by atoms with Gasteiger partial charge in [0.2, 0.25) is 0 Å². The van der Waals surface area contributed by atoms with Crippen LogP contribution in [0.2, 0.25) is 18.1 Å². The average molecular weight is 846 g/mol. The first-order chi connectivity index (χ1) is 29.2. The van der Waals surface area contributed by atoms with Gasteiger partial charge >= 0.3 is 12.1 Å². The summed E-state index contributed by atoms with van der Waals surface area (Å²) in [6, 6.07) is 31.5. The van der Waals surface area contributed by atoms with Gasteiger partial charge in [-0.3, -0.25) is 0 Å². The van der Waals surface area contributed by atoms with Gasteiger partial charge < -0.3 is 28.7 Å². The van der Waals surface area contributed by atoms with Crippen LogP contribution in [-0.2, 0) is 48.0 Å². The summed E-state index contributed by atoms with van der Waals surface area (Å²) in [7, 11) is -1.93. The fraction of sp³-hybridized carbons (Fsp3) is 0.608. The van der Waals surface area contributed by atoms with E-state index < -0.39 is 32.5 Å². The Hall–Kier alpha value is -3.50. The minimum Gasteiger partial charge on any atom is -0.460 e. The van der Waals surface area contributed by atoms with E-state index in [0.717, 1.165) is 54.1 Å². The molecule has 1 amide bonds. The van der Waals surface area contributed by atoms with Gasteiger partial charge in [0.1, 0.15) is 12.7 Å². The summed E-state index contributed by atoms with van der Waals surface area (Å²) >= 11 is 0. The number of rotatable bonds is 33. The van der Waals surface area contributed by atoms with Gasteiger partial charge in [-0.05, 0) is 41.2 Å². The number of ether oxygens (including phenoxy) is 4. The van der Waals surface area contributed by atoms with Crippen LogP contribution in [0.3, 0.4) is 0 Å². The summed E-state index contributed by atoms with van der Waals surface area (Å²) in [5.74, 6) is -0.849. The maximum absolute atomic E-state index is 14.4. The number of carbonyl (C=O) groups excluding carboxylic acids is 2. The molecule has 0 unspecified atom stereocenters. The maximum Gasteiger partial charge on any atom is 0.408 e. The Balaban J connectivity index is 1.80. The lowest BCUT2D eigenvalue weighted by atomic mass is 9.87. The zero-order valence-electron chi connectivity index (χ0n) is 38.0. The topological polar surface area (TPSA) is 92.3 Å². The summed E-state index contributed by atoms with van der Waals surface area (Å²) in [4.78, 5) is 27.6. The van der Waals surface area contributed by atoms with Crippen molar-refractivity contribution in [1.29, 1.82) is 0 Å². The minimum atomic E-state index is -1.93. The molecule has 3 aromatic rings. The van der Waals surface area contributed by atoms with Crippen molar-refractivity contribution in [2.24, 2.45) is 11.8 Å². The first-order valence-corrected chi connectivity index (χ1v) is 25.9. The third-order valence-corrected chi connectivity index (χ3v) is 16.7. The number of carbonyl (C=O) groups is 2. The smallest absolute Gasteiger partial charge is 0.408 e. The molecule has 0 bridgehead atoms. The lowest BCUT2D eigenvalue weighted by Gasteiger charge is -2.37. The molecule has 0 saturated carbocycles. The van der Waals surface area contributed by atoms with Gasteiger partial charge in [0, 0.05) is 18.4 Å². The average Bonchev–Trinajstić information content (AvgIpc) is 3.28. The van der Waals surface area contributed by atoms with Crippen LogP contribution in [0.1, 0.15) is 135 Å². The molecule has 0 aliphatic heterocycles. The Morgan fingerprint density at radius 3 is 1.60 bits per heavy atom. The van der Waals surface area contributed by atoms with Gasteiger partial charge in [0.25, 0.3) is 0 Å². The highest BCUT2D eigenvalue weighted by atomic mass is 28.4. The Morgan fingerprint density at radius 1 is 0.600 bits per heavy atom. The van der Waals surface area contributed by atoms with Crippen molar-refractivity contribution in [1.82, 2.24) is 5.32 Å². The van der Waals surface area contributed by atoms with Crippen LogP contribution in [0.5, 0.6) is 0 Å². The molecule has 0 fully saturated rings. The number of unbranched alkanes of at least 4 members (excludes halogenated alkanes) is 10. The predicted molar refractivity (Wildman–Crippen MR) is 247 cm³/mol. The van der Waals surface area contributed by atoms with Crippen molar-refractivity contribution in [3.05, 3.63) is 108 Å². The van der Waals surface area contributed by atoms with E-state index in [1.54, 1.807) is 0 Å². The standard InChI is InChI=1S/C51H79NO7Si/c1-7-11-12-13-14-15-16-17-18-19-29-36-48(56-39-45-32-25-21-26-33-45)43(6)49(42(5)37-58-60(8-2,9-3)10-4)59-50(53)47(41-55-38-44-30-23-20-24-31-44)52-51(54)57-40-46-34-27-22-28-35-46/h20-28,30-35,42-43,47-49H,7-19,29,36-41H2,1-6H3,(H,52,54)/t42-,43-,47-,48+,49-/m0/s1. The zero-order valence-corrected chi connectivity index (χ0v) is 39.0. The number of amides is 1. The molecule has 0 aromatic heterocycles. The summed E-state index contributed by atoms with van der Waals surface area (Å²) < 4.78 is 31.8. The van der Waals surface area contributed by atoms with E-state index in [1.807, 2.05) is 78.9 Å². The van der Waals surface area contributed by atoms with E-state index >= 15 is 0 Å². The van der Waals surface area contributed by atoms with Gasteiger partial charge in [-0.15, -0.1) is 0 Å². The van der Waals surface area contributed by atoms with Crippen LogP contribution < -0.4 is 5.32 Å². The van der Waals surface area contributed by atoms with Crippen LogP contribution in [-0.4, -0.2) is 51.8 Å². The van der Waals surface area contributed by atoms with Gasteiger partial charge in [0.05, 0.1) is 25.9 Å². The van der Waals surface area contributed by atoms with E-state index in [2.05, 4.69) is 59.0 Å². The van der Waals surface area contributed by atoms with E-state index in [-0.39, 0.29) is 37.8 Å². The predicted octanol–water partition coefficient (Wildman–Crippen LogP) is 13.0. The Kier molecular flexibility index (Phi) is 25.9. The Labute approximate surface area is 365 Å². The number of hydrogen-bond donors (Lipinski definition) is 1. The summed E-state index contributed by atoms with van der Waals surface area (Å²) in [5, 5.41) is 2.78. The first kappa shape index (κ1) is 50.9. The summed E-state index contributed by atoms with van der Waals surface area (Å²) in [6.07, 6.45) is 13.4. The van der Waals surface area contributed by atoms with Gasteiger partial charge in [0.15, 0.2) is 14.4 Å². The Bertz CT molecular complexity index is 1520. The van der Waals surface area contributed by atoms with Crippen LogP contribution in [0, 0.1) is 11.8 Å². The maximum atomic E-state index is 14.4. The molecular weight excluding hydrogens is 767 g/mol. The highest BCUT2D eigenvalue weighted by Crippen LogP contribution is 2.30. The SMILES string of the molecule is CCCCCCCCCCCCC[C@@H](OCc1ccccc1)[C@H](C)[C@@H](OC(=O)[C@H](COCc1ccccc1)NC(=O)OCc1ccccc1)[C@@H](C)CO[Si](CC)(CC)CC. The minimum absolute atomic E-state index is 0.0742. The molecule has 9 heteroatoms. The normalized spacial score (nSPS) is 14.2. The molecule has 0 spiro atoms. The highest BCUT2D eigenvalue weighted by molar-refractivity contribution is 6.73. The second-order valence-corrected chi connectivity index (χ2v) is 21.5. The number of nitrogens with one attached hydrogen (secondary N) is 1. The second-order valence-electron chi connectivity index (χ2n) is 16.7. The quantitative estimate of drug-likeness (QED) is 0.0371. The lowest BCUT2D eigenvalue weighted by Crippen LogP contribution is -2.49. The van der Waals surface area contributed by atoms with Crippen molar-refractivity contribution in [2.45, 2.75) is 175 Å². The van der Waals surface area contributed by atoms with Crippen molar-refractivity contribution in [2.75, 3.05) is 13.2 Å². The first-order valence-electron chi connectivity index (χ1n) is 23.3. The number of benzene rings is 3. The van der Waals surface area contributed by atoms with Crippen LogP contribution in [0.15, 0.2) is 91.0 Å². The monoisotopic (exact) mass is 846 g/mol. The fourth-order valence-electron chi connectivity index (χ4n) is 7.86. The summed E-state index contributed by atoms with van der Waals surface area (Å²) in [5.41, 5.74) is 2.92. The third-order valence-electron chi connectivity index (χ3n) is 12.1. The highest BCUT2D eigenvalue weighted by Gasteiger charge is 2.38. The van der Waals surface area contributed by atoms with E-state index in [4.69, 9.17) is 23.4 Å². The van der Waals surface area contributed by atoms with Gasteiger partial charge in [-0.1, -0.05) is 203 Å². The molecule has 334 valence electrons. The van der Waals surface area contributed by atoms with E-state index in [9.17, 15) is 9.59 Å². The second kappa shape index (κ2) is 30.5. The Morgan fingerprint density at radius 2 is 1.08 bits per heavy atom. The van der Waals surface area contributed by atoms with E-state index in [1.165, 1.54) is 57.8 Å². The molecule has 0 aliphatic carbocycles. The molecule has 0 radical (unpaired) electrons. The molecule has 5 atom stereocenters. The molecule has 8 nitrogen and oxygen atoms in total. The molecule has 3 aromatic carbocycles. The van der Waals surface area contributed by atoms with Crippen molar-refractivity contribution < 1.29 is 33.0 Å². The van der Waals surface area contributed by atoms with Crippen LogP contribution >= 0.6 is 0 Å². The molecule has 0 aliphatic rings. The van der Waals surface area contributed by atoms with Gasteiger partial charge in [-0.25, -0.2) is 9.59 Å². The zero-order chi connectivity index (χ0) is 43.3. The van der Waals surface area contributed by atoms with Crippen molar-refractivity contribution in [3.8, 4) is 0 Å². The number of alkyl carbamates (subject to hydrolysis) is 1. The van der Waals surface area contributed by atoms with Gasteiger partial charge in [-0.2, -0.15) is 0 Å². The number of esters is 1. The molecule has 1 N–H and O–H groups in total. The molecule has 0 heterocycles. The summed E-state index contributed by atoms with van der Waals surface area (Å²) in [6.45, 7) is 14.5. The molecule has 0 saturated heterocycles. The van der Waals surface area contributed by atoms with Crippen LogP contribution in [0.4, 0.5) is 4.79 Å². The molecule has 3 rings (SSSR count). The molecular formula is C51H79NO7Si. The van der Waals surface area contributed by atoms with Crippen molar-refractivity contribution in [3.63, 3.8) is 0 Å². The van der Waals surface area contributed by atoms with Crippen molar-refractivity contribution >= 4 is 20.4 Å². The largest absolute Gasteiger partial charge is 0.460 e. The molecule has 60 heavy (non-hydrogen) atoms. The number of hydrogen-bond acceptors (Lipinski definition) is 7. The lowest BCUT2D eigenvalue weighted by molar-refractivity contribution is -0.164. The van der Waals surface area contributed by atoms with E-state index in [0.29, 0.717) is 13.2 Å². The van der Waals surface area contributed by atoms with Crippen LogP contribution in [0.25, 0.3) is 0 Å².